The van der Waals surface area contributed by atoms with Gasteiger partial charge in [0.05, 0.1) is 16.1 Å². The van der Waals surface area contributed by atoms with Crippen molar-refractivity contribution in [1.82, 2.24) is 15.1 Å². The van der Waals surface area contributed by atoms with E-state index in [1.165, 1.54) is 12.1 Å². The van der Waals surface area contributed by atoms with Gasteiger partial charge in [-0.3, -0.25) is 9.52 Å². The van der Waals surface area contributed by atoms with Crippen LogP contribution >= 0.6 is 0 Å². The van der Waals surface area contributed by atoms with Gasteiger partial charge in [0, 0.05) is 22.1 Å². The molecule has 1 amide bonds. The molecule has 0 saturated heterocycles. The molecule has 38 heavy (non-hydrogen) atoms. The molecular weight excluding hydrogens is 502 g/mol. The molecule has 1 aliphatic rings. The van der Waals surface area contributed by atoms with E-state index < -0.39 is 10.0 Å². The number of carbonyl (C=O) groups is 1. The van der Waals surface area contributed by atoms with E-state index in [0.717, 1.165) is 23.7 Å². The molecule has 0 aliphatic heterocycles. The molecule has 10 heteroatoms. The van der Waals surface area contributed by atoms with Crippen LogP contribution in [0.1, 0.15) is 19.8 Å². The Morgan fingerprint density at radius 3 is 2.45 bits per heavy atom. The summed E-state index contributed by atoms with van der Waals surface area (Å²) in [5.74, 6) is 0.528. The second-order valence-electron chi connectivity index (χ2n) is 9.54. The molecule has 0 unspecified atom stereocenters. The number of carbonyl (C=O) groups excluding carboxylic acids is 1. The molecule has 1 aliphatic carbocycles. The second kappa shape index (κ2) is 9.07. The van der Waals surface area contributed by atoms with E-state index in [2.05, 4.69) is 25.2 Å². The Morgan fingerprint density at radius 1 is 0.895 bits per heavy atom. The van der Waals surface area contributed by atoms with Crippen molar-refractivity contribution >= 4 is 38.2 Å². The van der Waals surface area contributed by atoms with Crippen molar-refractivity contribution in [3.8, 4) is 23.0 Å². The third-order valence-corrected chi connectivity index (χ3v) is 7.98. The quantitative estimate of drug-likeness (QED) is 0.288. The van der Waals surface area contributed by atoms with Crippen LogP contribution in [0.25, 0.3) is 33.9 Å². The van der Waals surface area contributed by atoms with Crippen molar-refractivity contribution in [2.75, 3.05) is 10.0 Å². The van der Waals surface area contributed by atoms with E-state index in [4.69, 9.17) is 4.52 Å². The summed E-state index contributed by atoms with van der Waals surface area (Å²) in [7, 11) is -3.87. The number of para-hydroxylation sites is 1. The molecule has 2 N–H and O–H groups in total. The highest BCUT2D eigenvalue weighted by molar-refractivity contribution is 7.92. The number of amides is 1. The van der Waals surface area contributed by atoms with Crippen molar-refractivity contribution in [2.24, 2.45) is 5.41 Å². The first kappa shape index (κ1) is 23.8. The maximum Gasteiger partial charge on any atom is 0.276 e. The second-order valence-corrected chi connectivity index (χ2v) is 11.2. The zero-order valence-electron chi connectivity index (χ0n) is 20.4. The smallest absolute Gasteiger partial charge is 0.276 e. The molecule has 0 radical (unpaired) electrons. The Bertz CT molecular complexity index is 1780. The molecule has 1 fully saturated rings. The van der Waals surface area contributed by atoms with E-state index in [9.17, 15) is 13.2 Å². The Morgan fingerprint density at radius 2 is 1.66 bits per heavy atom. The fourth-order valence-corrected chi connectivity index (χ4v) is 5.03. The van der Waals surface area contributed by atoms with Crippen LogP contribution in [0, 0.1) is 5.41 Å². The van der Waals surface area contributed by atoms with Gasteiger partial charge < -0.3 is 9.84 Å². The lowest BCUT2D eigenvalue weighted by molar-refractivity contribution is -0.120. The third-order valence-electron chi connectivity index (χ3n) is 6.59. The summed E-state index contributed by atoms with van der Waals surface area (Å²) >= 11 is 0. The van der Waals surface area contributed by atoms with Crippen molar-refractivity contribution in [2.45, 2.75) is 24.7 Å². The van der Waals surface area contributed by atoms with Crippen LogP contribution in [0.2, 0.25) is 0 Å². The van der Waals surface area contributed by atoms with Gasteiger partial charge in [0.15, 0.2) is 0 Å². The van der Waals surface area contributed by atoms with Crippen LogP contribution in [0.3, 0.4) is 0 Å². The predicted octanol–water partition coefficient (Wildman–Crippen LogP) is 5.49. The average Bonchev–Trinajstić information content (AvgIpc) is 3.49. The normalized spacial score (nSPS) is 14.2. The van der Waals surface area contributed by atoms with Crippen molar-refractivity contribution in [3.05, 3.63) is 84.9 Å². The van der Waals surface area contributed by atoms with Gasteiger partial charge in [0.25, 0.3) is 15.9 Å². The molecule has 9 nitrogen and oxygen atoms in total. The number of hydrogen-bond acceptors (Lipinski definition) is 7. The third kappa shape index (κ3) is 4.73. The van der Waals surface area contributed by atoms with E-state index in [1.54, 1.807) is 36.4 Å². The summed E-state index contributed by atoms with van der Waals surface area (Å²) in [6.45, 7) is 1.91. The van der Waals surface area contributed by atoms with Crippen LogP contribution in [0.4, 0.5) is 11.4 Å². The maximum absolute atomic E-state index is 13.0. The zero-order valence-corrected chi connectivity index (χ0v) is 21.2. The first-order chi connectivity index (χ1) is 18.3. The predicted molar refractivity (Wildman–Crippen MR) is 144 cm³/mol. The first-order valence-corrected chi connectivity index (χ1v) is 13.5. The van der Waals surface area contributed by atoms with Gasteiger partial charge in [-0.2, -0.15) is 4.98 Å². The minimum Gasteiger partial charge on any atom is -0.332 e. The Labute approximate surface area is 219 Å². The molecule has 2 aromatic heterocycles. The summed E-state index contributed by atoms with van der Waals surface area (Å²) in [6.07, 6.45) is 1.71. The monoisotopic (exact) mass is 525 g/mol. The zero-order chi connectivity index (χ0) is 26.3. The Hall–Kier alpha value is -4.57. The summed E-state index contributed by atoms with van der Waals surface area (Å²) in [4.78, 5) is 21.4. The molecule has 1 saturated carbocycles. The molecule has 2 heterocycles. The van der Waals surface area contributed by atoms with Crippen LogP contribution in [-0.2, 0) is 14.8 Å². The van der Waals surface area contributed by atoms with Gasteiger partial charge in [-0.1, -0.05) is 42.4 Å². The molecular formula is C28H23N5O4S. The number of anilines is 2. The lowest BCUT2D eigenvalue weighted by Gasteiger charge is -2.12. The van der Waals surface area contributed by atoms with Gasteiger partial charge in [0.1, 0.15) is 5.69 Å². The molecule has 0 bridgehead atoms. The standard InChI is InChI=1S/C28H23N5O4S/c1-28(15-16-28)27(34)29-20-6-4-7-21(17-20)33-38(35,36)22-12-9-19(10-13-22)25-31-26(37-32-25)24-14-11-18-5-2-3-8-23(18)30-24/h2-14,17,33H,15-16H2,1H3,(H,29,34). The number of aromatic nitrogens is 3. The highest BCUT2D eigenvalue weighted by atomic mass is 32.2. The van der Waals surface area contributed by atoms with Crippen molar-refractivity contribution in [1.29, 1.82) is 0 Å². The van der Waals surface area contributed by atoms with Gasteiger partial charge in [-0.15, -0.1) is 0 Å². The minimum absolute atomic E-state index is 0.0610. The van der Waals surface area contributed by atoms with Gasteiger partial charge >= 0.3 is 0 Å². The van der Waals surface area contributed by atoms with Gasteiger partial charge in [-0.05, 0) is 67.4 Å². The maximum atomic E-state index is 13.0. The largest absolute Gasteiger partial charge is 0.332 e. The van der Waals surface area contributed by atoms with Crippen LogP contribution in [0.5, 0.6) is 0 Å². The topological polar surface area (TPSA) is 127 Å². The summed E-state index contributed by atoms with van der Waals surface area (Å²) in [5, 5.41) is 7.89. The number of nitrogens with one attached hydrogen (secondary N) is 2. The summed E-state index contributed by atoms with van der Waals surface area (Å²) in [5.41, 5.74) is 2.51. The molecule has 190 valence electrons. The van der Waals surface area contributed by atoms with E-state index >= 15 is 0 Å². The number of benzene rings is 3. The van der Waals surface area contributed by atoms with Gasteiger partial charge in [-0.25, -0.2) is 13.4 Å². The molecule has 3 aromatic carbocycles. The van der Waals surface area contributed by atoms with E-state index in [0.29, 0.717) is 28.5 Å². The van der Waals surface area contributed by atoms with Crippen LogP contribution in [-0.4, -0.2) is 29.4 Å². The lowest BCUT2D eigenvalue weighted by atomic mass is 10.1. The van der Waals surface area contributed by atoms with Gasteiger partial charge in [0.2, 0.25) is 11.7 Å². The highest BCUT2D eigenvalue weighted by Gasteiger charge is 2.44. The van der Waals surface area contributed by atoms with Crippen LogP contribution < -0.4 is 10.0 Å². The minimum atomic E-state index is -3.87. The Kier molecular flexibility index (Phi) is 5.68. The molecule has 5 aromatic rings. The fraction of sp³-hybridized carbons (Fsp3) is 0.143. The number of hydrogen-bond donors (Lipinski definition) is 2. The van der Waals surface area contributed by atoms with Crippen LogP contribution in [0.15, 0.2) is 94.3 Å². The van der Waals surface area contributed by atoms with E-state index in [-0.39, 0.29) is 22.1 Å². The molecule has 6 rings (SSSR count). The summed E-state index contributed by atoms with van der Waals surface area (Å²) in [6, 6.07) is 24.3. The number of rotatable bonds is 7. The fourth-order valence-electron chi connectivity index (χ4n) is 3.98. The summed E-state index contributed by atoms with van der Waals surface area (Å²) < 4.78 is 34.0. The number of pyridine rings is 1. The van der Waals surface area contributed by atoms with Crippen molar-refractivity contribution < 1.29 is 17.7 Å². The number of fused-ring (bicyclic) bond motifs is 1. The lowest BCUT2D eigenvalue weighted by Crippen LogP contribution is -2.21. The molecule has 0 spiro atoms. The number of sulfonamides is 1. The number of nitrogens with zero attached hydrogens (tertiary/aromatic N) is 3. The van der Waals surface area contributed by atoms with E-state index in [1.807, 2.05) is 43.3 Å². The Balaban J connectivity index is 1.17. The SMILES string of the molecule is CC1(C(=O)Nc2cccc(NS(=O)(=O)c3ccc(-c4noc(-c5ccc6ccccc6n5)n4)cc3)c2)CC1. The first-order valence-electron chi connectivity index (χ1n) is 12.0. The highest BCUT2D eigenvalue weighted by Crippen LogP contribution is 2.45. The van der Waals surface area contributed by atoms with Crippen molar-refractivity contribution in [3.63, 3.8) is 0 Å². The average molecular weight is 526 g/mol. The molecule has 0 atom stereocenters.